The molecule has 1 aliphatic rings. The van der Waals surface area contributed by atoms with Gasteiger partial charge in [-0.25, -0.2) is 4.57 Å². The number of pyridine rings is 1. The largest absolute Gasteiger partial charge is 1.00 e. The molecule has 0 bridgehead atoms. The van der Waals surface area contributed by atoms with Crippen molar-refractivity contribution in [3.05, 3.63) is 77.3 Å². The molecule has 0 atom stereocenters. The van der Waals surface area contributed by atoms with Crippen molar-refractivity contribution >= 4 is 40.2 Å². The fourth-order valence-corrected chi connectivity index (χ4v) is 6.91. The van der Waals surface area contributed by atoms with Gasteiger partial charge in [0.15, 0.2) is 0 Å². The Morgan fingerprint density at radius 2 is 1.36 bits per heavy atom. The van der Waals surface area contributed by atoms with Crippen LogP contribution in [-0.4, -0.2) is 125 Å². The number of anilines is 2. The predicted octanol–water partition coefficient (Wildman–Crippen LogP) is 2.63. The first kappa shape index (κ1) is 42.2. The molecule has 50 heavy (non-hydrogen) atoms. The van der Waals surface area contributed by atoms with Gasteiger partial charge < -0.3 is 57.6 Å². The van der Waals surface area contributed by atoms with Gasteiger partial charge >= 0.3 is 0 Å². The third-order valence-corrected chi connectivity index (χ3v) is 9.56. The topological polar surface area (TPSA) is 53.8 Å². The summed E-state index contributed by atoms with van der Waals surface area (Å²) in [4.78, 5) is 10.7. The zero-order valence-electron chi connectivity index (χ0n) is 31.0. The zero-order valence-corrected chi connectivity index (χ0v) is 34.0. The SMILES string of the molecule is COCCOCCOCCOCC[n+]1c(N(CCCN(C)C)CCCN(C)C)cc(C=CC=C2Sc3ccccc3N2C)c2ccccc21.[I-]. The Morgan fingerprint density at radius 1 is 0.760 bits per heavy atom. The smallest absolute Gasteiger partial charge is 0.277 e. The number of benzene rings is 2. The number of hydrogen-bond donors (Lipinski definition) is 0. The van der Waals surface area contributed by atoms with Gasteiger partial charge in [-0.05, 0) is 70.9 Å². The molecular weight excluding hydrogens is 761 g/mol. The lowest BCUT2D eigenvalue weighted by molar-refractivity contribution is -0.661. The molecule has 2 heterocycles. The lowest BCUT2D eigenvalue weighted by Gasteiger charge is -2.23. The summed E-state index contributed by atoms with van der Waals surface area (Å²) >= 11 is 1.82. The molecule has 0 N–H and O–H groups in total. The Bertz CT molecular complexity index is 1470. The molecule has 0 saturated heterocycles. The fourth-order valence-electron chi connectivity index (χ4n) is 5.84. The monoisotopic (exact) mass is 819 g/mol. The van der Waals surface area contributed by atoms with Crippen molar-refractivity contribution in [3.63, 3.8) is 0 Å². The van der Waals surface area contributed by atoms with Gasteiger partial charge in [0.1, 0.15) is 12.1 Å². The first-order valence-electron chi connectivity index (χ1n) is 17.5. The molecule has 0 fully saturated rings. The number of methoxy groups -OCH3 is 1. The Labute approximate surface area is 322 Å². The molecule has 0 spiro atoms. The van der Waals surface area contributed by atoms with E-state index < -0.39 is 0 Å². The molecular formula is C39H58IN5O4S. The van der Waals surface area contributed by atoms with Crippen LogP contribution >= 0.6 is 11.8 Å². The summed E-state index contributed by atoms with van der Waals surface area (Å²) < 4.78 is 24.8. The minimum Gasteiger partial charge on any atom is -1.00 e. The number of fused-ring (bicyclic) bond motifs is 2. The Morgan fingerprint density at radius 3 is 2.00 bits per heavy atom. The summed E-state index contributed by atoms with van der Waals surface area (Å²) in [5, 5.41) is 2.46. The van der Waals surface area contributed by atoms with E-state index in [2.05, 4.69) is 132 Å². The van der Waals surface area contributed by atoms with E-state index in [0.717, 1.165) is 45.6 Å². The van der Waals surface area contributed by atoms with E-state index in [9.17, 15) is 0 Å². The molecule has 276 valence electrons. The number of hydrogen-bond acceptors (Lipinski definition) is 9. The number of halogens is 1. The number of ether oxygens (including phenoxy) is 4. The lowest BCUT2D eigenvalue weighted by atomic mass is 10.1. The van der Waals surface area contributed by atoms with E-state index in [1.807, 2.05) is 11.8 Å². The lowest BCUT2D eigenvalue weighted by Crippen LogP contribution is -3.00. The van der Waals surface area contributed by atoms with Crippen LogP contribution in [0.4, 0.5) is 11.5 Å². The van der Waals surface area contributed by atoms with E-state index in [1.54, 1.807) is 7.11 Å². The fraction of sp³-hybridized carbons (Fsp3) is 0.513. The molecule has 11 heteroatoms. The summed E-state index contributed by atoms with van der Waals surface area (Å²) in [6.07, 6.45) is 8.88. The molecule has 2 aromatic carbocycles. The third kappa shape index (κ3) is 13.4. The van der Waals surface area contributed by atoms with E-state index in [-0.39, 0.29) is 24.0 Å². The van der Waals surface area contributed by atoms with Crippen LogP contribution < -0.4 is 38.3 Å². The number of rotatable bonds is 23. The second-order valence-corrected chi connectivity index (χ2v) is 13.8. The quantitative estimate of drug-likeness (QED) is 0.0818. The zero-order chi connectivity index (χ0) is 34.8. The highest BCUT2D eigenvalue weighted by Gasteiger charge is 2.24. The molecule has 3 aromatic rings. The third-order valence-electron chi connectivity index (χ3n) is 8.38. The highest BCUT2D eigenvalue weighted by Crippen LogP contribution is 2.44. The Hall–Kier alpha value is -2.23. The van der Waals surface area contributed by atoms with Gasteiger partial charge in [-0.2, -0.15) is 0 Å². The molecule has 1 aromatic heterocycles. The van der Waals surface area contributed by atoms with Crippen molar-refractivity contribution in [2.75, 3.05) is 125 Å². The molecule has 4 rings (SSSR count). The van der Waals surface area contributed by atoms with Gasteiger partial charge in [-0.3, -0.25) is 4.90 Å². The highest BCUT2D eigenvalue weighted by atomic mass is 127. The van der Waals surface area contributed by atoms with Crippen LogP contribution in [0, 0.1) is 0 Å². The van der Waals surface area contributed by atoms with E-state index in [4.69, 9.17) is 18.9 Å². The van der Waals surface area contributed by atoms with E-state index >= 15 is 0 Å². The standard InChI is InChI=1S/C39H58N5O4S.HI/c1-40(2)20-12-22-43(23-13-21-41(3)4)38-32-33(14-11-19-39-42(5)36-17-9-10-18-37(36)49-39)34-15-7-8-16-35(34)44(38)24-25-46-28-29-48-31-30-47-27-26-45-6;/h7-11,14-19,32H,12-13,20-31H2,1-6H3;1H/q+1;/p-1. The maximum atomic E-state index is 6.11. The van der Waals surface area contributed by atoms with Crippen molar-refractivity contribution in [1.82, 2.24) is 9.80 Å². The van der Waals surface area contributed by atoms with Gasteiger partial charge in [-0.15, -0.1) is 0 Å². The minimum atomic E-state index is 0. The molecule has 9 nitrogen and oxygen atoms in total. The average Bonchev–Trinajstić information content (AvgIpc) is 3.41. The Kier molecular flexibility index (Phi) is 19.7. The van der Waals surface area contributed by atoms with Gasteiger partial charge in [-0.1, -0.05) is 54.2 Å². The highest BCUT2D eigenvalue weighted by molar-refractivity contribution is 8.03. The molecule has 0 radical (unpaired) electrons. The first-order valence-corrected chi connectivity index (χ1v) is 18.3. The predicted molar refractivity (Wildman–Crippen MR) is 205 cm³/mol. The number of para-hydroxylation sites is 2. The van der Waals surface area contributed by atoms with Crippen molar-refractivity contribution in [1.29, 1.82) is 0 Å². The number of nitrogens with zero attached hydrogens (tertiary/aromatic N) is 5. The van der Waals surface area contributed by atoms with Crippen LogP contribution in [0.5, 0.6) is 0 Å². The summed E-state index contributed by atoms with van der Waals surface area (Å²) in [6, 6.07) is 19.7. The Balaban J connectivity index is 0.00000676. The average molecular weight is 820 g/mol. The van der Waals surface area contributed by atoms with Crippen LogP contribution in [0.3, 0.4) is 0 Å². The van der Waals surface area contributed by atoms with Crippen molar-refractivity contribution in [3.8, 4) is 0 Å². The van der Waals surface area contributed by atoms with Crippen LogP contribution in [-0.2, 0) is 25.5 Å². The van der Waals surface area contributed by atoms with Crippen molar-refractivity contribution in [2.45, 2.75) is 24.3 Å². The molecule has 0 amide bonds. The number of allylic oxidation sites excluding steroid dienone is 2. The van der Waals surface area contributed by atoms with Crippen molar-refractivity contribution < 1.29 is 47.5 Å². The summed E-state index contributed by atoms with van der Waals surface area (Å²) in [5.74, 6) is 1.23. The molecule has 0 aliphatic carbocycles. The number of aromatic nitrogens is 1. The molecule has 0 unspecified atom stereocenters. The minimum absolute atomic E-state index is 0. The summed E-state index contributed by atoms with van der Waals surface area (Å²) in [6.45, 7) is 8.81. The van der Waals surface area contributed by atoms with Gasteiger partial charge in [0.2, 0.25) is 0 Å². The second kappa shape index (κ2) is 23.4. The van der Waals surface area contributed by atoms with Crippen LogP contribution in [0.2, 0.25) is 0 Å². The normalized spacial score (nSPS) is 13.7. The van der Waals surface area contributed by atoms with E-state index in [0.29, 0.717) is 46.2 Å². The van der Waals surface area contributed by atoms with Gasteiger partial charge in [0, 0.05) is 43.6 Å². The summed E-state index contributed by atoms with van der Waals surface area (Å²) in [5.41, 5.74) is 3.69. The van der Waals surface area contributed by atoms with Gasteiger partial charge in [0.05, 0.1) is 70.1 Å². The van der Waals surface area contributed by atoms with Crippen molar-refractivity contribution in [2.24, 2.45) is 0 Å². The maximum Gasteiger partial charge on any atom is 0.277 e. The van der Waals surface area contributed by atoms with Crippen LogP contribution in [0.15, 0.2) is 76.7 Å². The van der Waals surface area contributed by atoms with Gasteiger partial charge in [0.25, 0.3) is 5.82 Å². The van der Waals surface area contributed by atoms with E-state index in [1.165, 1.54) is 37.9 Å². The maximum absolute atomic E-state index is 6.11. The number of thioether (sulfide) groups is 1. The molecule has 0 saturated carbocycles. The summed E-state index contributed by atoms with van der Waals surface area (Å²) in [7, 11) is 12.4. The van der Waals surface area contributed by atoms with Crippen LogP contribution in [0.25, 0.3) is 17.0 Å². The first-order chi connectivity index (χ1) is 23.9. The molecule has 1 aliphatic heterocycles. The van der Waals surface area contributed by atoms with Crippen LogP contribution in [0.1, 0.15) is 18.4 Å². The second-order valence-electron chi connectivity index (χ2n) is 12.8.